The Balaban J connectivity index is 0.00000208. The Labute approximate surface area is 163 Å². The smallest absolute Gasteiger partial charge is 0.194 e. The number of morpholine rings is 1. The average molecular weight is 461 g/mol. The highest BCUT2D eigenvalue weighted by Crippen LogP contribution is 2.21. The number of halogens is 1. The Morgan fingerprint density at radius 3 is 3.08 bits per heavy atom. The minimum absolute atomic E-state index is 0. The monoisotopic (exact) mass is 461 g/mol. The van der Waals surface area contributed by atoms with Crippen molar-refractivity contribution in [2.75, 3.05) is 26.2 Å². The molecule has 0 aliphatic carbocycles. The third-order valence-corrected chi connectivity index (χ3v) is 4.52. The molecule has 8 heteroatoms. The molecule has 1 fully saturated rings. The van der Waals surface area contributed by atoms with E-state index in [0.29, 0.717) is 13.2 Å². The summed E-state index contributed by atoms with van der Waals surface area (Å²) < 4.78 is 7.72. The van der Waals surface area contributed by atoms with Crippen molar-refractivity contribution in [2.24, 2.45) is 12.0 Å². The fourth-order valence-corrected chi connectivity index (χ4v) is 3.28. The minimum Gasteiger partial charge on any atom is -0.370 e. The van der Waals surface area contributed by atoms with E-state index in [4.69, 9.17) is 9.73 Å². The molecular formula is C16H24IN5OS. The number of rotatable bonds is 4. The van der Waals surface area contributed by atoms with Crippen molar-refractivity contribution in [1.82, 2.24) is 20.0 Å². The number of thiophene rings is 1. The van der Waals surface area contributed by atoms with Crippen LogP contribution >= 0.6 is 35.3 Å². The zero-order valence-electron chi connectivity index (χ0n) is 14.0. The summed E-state index contributed by atoms with van der Waals surface area (Å²) in [6.07, 6.45) is 3.94. The van der Waals surface area contributed by atoms with Gasteiger partial charge >= 0.3 is 0 Å². The van der Waals surface area contributed by atoms with Crippen LogP contribution in [0.2, 0.25) is 0 Å². The highest BCUT2D eigenvalue weighted by atomic mass is 127. The Morgan fingerprint density at radius 1 is 1.54 bits per heavy atom. The van der Waals surface area contributed by atoms with Crippen molar-refractivity contribution in [3.05, 3.63) is 40.3 Å². The fourth-order valence-electron chi connectivity index (χ4n) is 2.62. The Hall–Kier alpha value is -1.13. The second-order valence-corrected chi connectivity index (χ2v) is 6.33. The SMILES string of the molecule is CCNC(=NCc1ccsc1)N1CCOC(c2cnn(C)c2)C1.I. The molecule has 2 aromatic heterocycles. The van der Waals surface area contributed by atoms with Gasteiger partial charge in [-0.05, 0) is 29.3 Å². The number of nitrogens with zero attached hydrogens (tertiary/aromatic N) is 4. The van der Waals surface area contributed by atoms with Crippen LogP contribution in [0.25, 0.3) is 0 Å². The molecule has 0 saturated carbocycles. The van der Waals surface area contributed by atoms with Gasteiger partial charge in [0.05, 0.1) is 25.9 Å². The van der Waals surface area contributed by atoms with E-state index in [0.717, 1.165) is 31.2 Å². The molecular weight excluding hydrogens is 437 g/mol. The summed E-state index contributed by atoms with van der Waals surface area (Å²) in [5.74, 6) is 0.955. The summed E-state index contributed by atoms with van der Waals surface area (Å²) in [7, 11) is 1.93. The molecule has 1 saturated heterocycles. The molecule has 0 amide bonds. The standard InChI is InChI=1S/C16H23N5OS.HI/c1-3-17-16(18-8-13-4-7-23-12-13)21-5-6-22-15(11-21)14-9-19-20(2)10-14;/h4,7,9-10,12,15H,3,5-6,8,11H2,1-2H3,(H,17,18);1H. The van der Waals surface area contributed by atoms with Gasteiger partial charge in [-0.15, -0.1) is 24.0 Å². The van der Waals surface area contributed by atoms with E-state index in [9.17, 15) is 0 Å². The van der Waals surface area contributed by atoms with E-state index < -0.39 is 0 Å². The third-order valence-electron chi connectivity index (χ3n) is 3.79. The van der Waals surface area contributed by atoms with Gasteiger partial charge in [0.15, 0.2) is 5.96 Å². The zero-order valence-corrected chi connectivity index (χ0v) is 17.2. The van der Waals surface area contributed by atoms with Gasteiger partial charge in [-0.25, -0.2) is 4.99 Å². The number of hydrogen-bond donors (Lipinski definition) is 1. The molecule has 0 aromatic carbocycles. The van der Waals surface area contributed by atoms with Crippen LogP contribution in [0.4, 0.5) is 0 Å². The number of guanidine groups is 1. The van der Waals surface area contributed by atoms with E-state index in [1.807, 2.05) is 24.1 Å². The molecule has 1 atom stereocenters. The van der Waals surface area contributed by atoms with Crippen molar-refractivity contribution in [2.45, 2.75) is 19.6 Å². The van der Waals surface area contributed by atoms with Crippen molar-refractivity contribution in [3.8, 4) is 0 Å². The van der Waals surface area contributed by atoms with Crippen LogP contribution < -0.4 is 5.32 Å². The first-order chi connectivity index (χ1) is 11.3. The molecule has 0 spiro atoms. The summed E-state index contributed by atoms with van der Waals surface area (Å²) >= 11 is 1.71. The molecule has 6 nitrogen and oxygen atoms in total. The van der Waals surface area contributed by atoms with Crippen LogP contribution in [-0.2, 0) is 18.3 Å². The van der Waals surface area contributed by atoms with E-state index >= 15 is 0 Å². The molecule has 1 unspecified atom stereocenters. The van der Waals surface area contributed by atoms with Crippen LogP contribution in [0.15, 0.2) is 34.2 Å². The first-order valence-corrected chi connectivity index (χ1v) is 8.85. The predicted molar refractivity (Wildman–Crippen MR) is 108 cm³/mol. The highest BCUT2D eigenvalue weighted by Gasteiger charge is 2.25. The van der Waals surface area contributed by atoms with E-state index in [1.54, 1.807) is 11.3 Å². The van der Waals surface area contributed by atoms with Crippen molar-refractivity contribution in [1.29, 1.82) is 0 Å². The average Bonchev–Trinajstić information content (AvgIpc) is 3.23. The highest BCUT2D eigenvalue weighted by molar-refractivity contribution is 14.0. The van der Waals surface area contributed by atoms with E-state index in [-0.39, 0.29) is 30.1 Å². The number of hydrogen-bond acceptors (Lipinski definition) is 4. The number of aryl methyl sites for hydroxylation is 1. The number of aliphatic imine (C=N–C) groups is 1. The first kappa shape index (κ1) is 19.2. The molecule has 3 heterocycles. The van der Waals surface area contributed by atoms with Gasteiger partial charge in [0, 0.05) is 31.9 Å². The summed E-state index contributed by atoms with van der Waals surface area (Å²) in [5, 5.41) is 11.9. The summed E-state index contributed by atoms with van der Waals surface area (Å²) in [5.41, 5.74) is 2.37. The molecule has 132 valence electrons. The molecule has 3 rings (SSSR count). The van der Waals surface area contributed by atoms with E-state index in [2.05, 4.69) is 39.1 Å². The van der Waals surface area contributed by atoms with Gasteiger partial charge in [-0.3, -0.25) is 4.68 Å². The molecule has 24 heavy (non-hydrogen) atoms. The Morgan fingerprint density at radius 2 is 2.42 bits per heavy atom. The first-order valence-electron chi connectivity index (χ1n) is 7.90. The van der Waals surface area contributed by atoms with Crippen molar-refractivity contribution in [3.63, 3.8) is 0 Å². The zero-order chi connectivity index (χ0) is 16.1. The van der Waals surface area contributed by atoms with Gasteiger partial charge in [0.1, 0.15) is 6.10 Å². The maximum Gasteiger partial charge on any atom is 0.194 e. The summed E-state index contributed by atoms with van der Waals surface area (Å²) in [6.45, 7) is 6.01. The molecule has 1 N–H and O–H groups in total. The maximum absolute atomic E-state index is 5.91. The number of aromatic nitrogens is 2. The lowest BCUT2D eigenvalue weighted by molar-refractivity contribution is -0.00805. The van der Waals surface area contributed by atoms with Crippen molar-refractivity contribution >= 4 is 41.3 Å². The van der Waals surface area contributed by atoms with Crippen LogP contribution in [0.1, 0.15) is 24.2 Å². The lowest BCUT2D eigenvalue weighted by atomic mass is 10.1. The minimum atomic E-state index is 0. The lowest BCUT2D eigenvalue weighted by Crippen LogP contribution is -2.48. The second-order valence-electron chi connectivity index (χ2n) is 5.55. The van der Waals surface area contributed by atoms with Crippen molar-refractivity contribution < 1.29 is 4.74 Å². The van der Waals surface area contributed by atoms with Gasteiger partial charge in [0.25, 0.3) is 0 Å². The summed E-state index contributed by atoms with van der Waals surface area (Å²) in [6, 6.07) is 2.12. The molecule has 2 aromatic rings. The summed E-state index contributed by atoms with van der Waals surface area (Å²) in [4.78, 5) is 7.05. The van der Waals surface area contributed by atoms with Crippen LogP contribution in [0.3, 0.4) is 0 Å². The van der Waals surface area contributed by atoms with Crippen LogP contribution in [0, 0.1) is 0 Å². The Kier molecular flexibility index (Phi) is 7.50. The molecule has 0 radical (unpaired) electrons. The van der Waals surface area contributed by atoms with Gasteiger partial charge in [-0.1, -0.05) is 0 Å². The predicted octanol–water partition coefficient (Wildman–Crippen LogP) is 2.64. The molecule has 1 aliphatic heterocycles. The quantitative estimate of drug-likeness (QED) is 0.432. The van der Waals surface area contributed by atoms with Gasteiger partial charge in [-0.2, -0.15) is 16.4 Å². The van der Waals surface area contributed by atoms with Crippen LogP contribution in [-0.4, -0.2) is 46.9 Å². The molecule has 0 bridgehead atoms. The van der Waals surface area contributed by atoms with Crippen LogP contribution in [0.5, 0.6) is 0 Å². The fraction of sp³-hybridized carbons (Fsp3) is 0.500. The normalized spacial score (nSPS) is 18.3. The molecule has 1 aliphatic rings. The van der Waals surface area contributed by atoms with Gasteiger partial charge in [0.2, 0.25) is 0 Å². The third kappa shape index (κ3) is 4.93. The number of ether oxygens (including phenoxy) is 1. The number of nitrogens with one attached hydrogen (secondary N) is 1. The topological polar surface area (TPSA) is 54.7 Å². The Bertz CT molecular complexity index is 643. The second kappa shape index (κ2) is 9.38. The van der Waals surface area contributed by atoms with Gasteiger partial charge < -0.3 is 15.0 Å². The maximum atomic E-state index is 5.91. The largest absolute Gasteiger partial charge is 0.370 e. The lowest BCUT2D eigenvalue weighted by Gasteiger charge is -2.34. The van der Waals surface area contributed by atoms with E-state index in [1.165, 1.54) is 5.56 Å².